The molecule has 10 heavy (non-hydrogen) atoms. The third kappa shape index (κ3) is 4.29. The lowest BCUT2D eigenvalue weighted by Crippen LogP contribution is -2.14. The predicted molar refractivity (Wildman–Crippen MR) is 40.0 cm³/mol. The topological polar surface area (TPSA) is 34.1 Å². The third-order valence-electron chi connectivity index (χ3n) is 0.823. The summed E-state index contributed by atoms with van der Waals surface area (Å²) < 4.78 is 9.61. The average molecular weight is 146 g/mol. The highest BCUT2D eigenvalue weighted by molar-refractivity contribution is 5.53. The number of aliphatic imine (C=N–C) groups is 1. The van der Waals surface area contributed by atoms with Crippen LogP contribution in [0.2, 0.25) is 0 Å². The molecule has 0 unspecified atom stereocenters. The molecule has 0 aromatic heterocycles. The van der Waals surface area contributed by atoms with Crippen LogP contribution in [0.25, 0.3) is 0 Å². The first-order valence-electron chi connectivity index (χ1n) is 2.96. The molecule has 0 saturated heterocycles. The molecule has 0 spiro atoms. The van der Waals surface area contributed by atoms with Gasteiger partial charge < -0.3 is 14.4 Å². The molecule has 4 heteroatoms. The van der Waals surface area contributed by atoms with Crippen molar-refractivity contribution in [3.63, 3.8) is 0 Å². The number of hydrogen-bond donors (Lipinski definition) is 0. The number of rotatable bonds is 4. The Bertz CT molecular complexity index is 99.9. The molecule has 0 aliphatic carbocycles. The van der Waals surface area contributed by atoms with Crippen molar-refractivity contribution in [2.24, 2.45) is 4.99 Å². The summed E-state index contributed by atoms with van der Waals surface area (Å²) in [5.41, 5.74) is 0. The zero-order valence-electron chi connectivity index (χ0n) is 6.87. The van der Waals surface area contributed by atoms with E-state index >= 15 is 0 Å². The maximum absolute atomic E-state index is 4.80. The van der Waals surface area contributed by atoms with Crippen molar-refractivity contribution in [3.05, 3.63) is 0 Å². The van der Waals surface area contributed by atoms with Crippen molar-refractivity contribution in [1.29, 1.82) is 0 Å². The van der Waals surface area contributed by atoms with Gasteiger partial charge in [0, 0.05) is 28.3 Å². The van der Waals surface area contributed by atoms with Gasteiger partial charge in [0.2, 0.25) is 0 Å². The summed E-state index contributed by atoms with van der Waals surface area (Å²) in [6.45, 7) is 0. The SMILES string of the molecule is COC(N=CN(C)C)OC. The van der Waals surface area contributed by atoms with Crippen LogP contribution >= 0.6 is 0 Å². The Morgan fingerprint density at radius 2 is 1.80 bits per heavy atom. The average Bonchev–Trinajstić information content (AvgIpc) is 1.90. The van der Waals surface area contributed by atoms with Crippen LogP contribution in [0.3, 0.4) is 0 Å². The van der Waals surface area contributed by atoms with Gasteiger partial charge in [-0.05, 0) is 0 Å². The molecule has 0 saturated carbocycles. The van der Waals surface area contributed by atoms with Crippen molar-refractivity contribution in [3.8, 4) is 0 Å². The second-order valence-corrected chi connectivity index (χ2v) is 2.01. The van der Waals surface area contributed by atoms with Crippen molar-refractivity contribution >= 4 is 6.34 Å². The zero-order chi connectivity index (χ0) is 7.98. The second kappa shape index (κ2) is 5.20. The van der Waals surface area contributed by atoms with Gasteiger partial charge in [0.15, 0.2) is 0 Å². The van der Waals surface area contributed by atoms with E-state index in [4.69, 9.17) is 9.47 Å². The Balaban J connectivity index is 3.61. The van der Waals surface area contributed by atoms with Crippen molar-refractivity contribution in [2.45, 2.75) is 6.41 Å². The Morgan fingerprint density at radius 1 is 1.30 bits per heavy atom. The lowest BCUT2D eigenvalue weighted by molar-refractivity contribution is -0.0946. The lowest BCUT2D eigenvalue weighted by Gasteiger charge is -2.08. The predicted octanol–water partition coefficient (Wildman–Crippen LogP) is 0.153. The second-order valence-electron chi connectivity index (χ2n) is 2.01. The summed E-state index contributed by atoms with van der Waals surface area (Å²) in [4.78, 5) is 5.73. The molecule has 0 rings (SSSR count). The molecule has 0 N–H and O–H groups in total. The van der Waals surface area contributed by atoms with E-state index in [0.29, 0.717) is 0 Å². The van der Waals surface area contributed by atoms with Gasteiger partial charge in [-0.2, -0.15) is 0 Å². The molecular weight excluding hydrogens is 132 g/mol. The van der Waals surface area contributed by atoms with Gasteiger partial charge in [-0.1, -0.05) is 0 Å². The normalized spacial score (nSPS) is 11.3. The standard InChI is InChI=1S/C6H14N2O2/c1-8(2)5-7-6(9-3)10-4/h5-6H,1-4H3. The first kappa shape index (κ1) is 9.39. The van der Waals surface area contributed by atoms with E-state index in [2.05, 4.69) is 4.99 Å². The molecule has 0 aliphatic rings. The summed E-state index contributed by atoms with van der Waals surface area (Å²) in [7, 11) is 6.85. The van der Waals surface area contributed by atoms with Gasteiger partial charge in [0.05, 0.1) is 6.34 Å². The number of nitrogens with zero attached hydrogens (tertiary/aromatic N) is 2. The molecule has 4 nitrogen and oxygen atoms in total. The summed E-state index contributed by atoms with van der Waals surface area (Å²) in [5.74, 6) is 0. The summed E-state index contributed by atoms with van der Waals surface area (Å²) in [6.07, 6.45) is 1.15. The largest absolute Gasteiger partial charge is 0.369 e. The van der Waals surface area contributed by atoms with E-state index in [0.717, 1.165) is 0 Å². The minimum absolute atomic E-state index is 0.484. The van der Waals surface area contributed by atoms with E-state index in [1.165, 1.54) is 0 Å². The van der Waals surface area contributed by atoms with Crippen LogP contribution in [0, 0.1) is 0 Å². The van der Waals surface area contributed by atoms with Crippen LogP contribution in [0.5, 0.6) is 0 Å². The quantitative estimate of drug-likeness (QED) is 0.322. The van der Waals surface area contributed by atoms with Gasteiger partial charge >= 0.3 is 0 Å². The smallest absolute Gasteiger partial charge is 0.259 e. The van der Waals surface area contributed by atoms with Crippen LogP contribution in [-0.4, -0.2) is 46.0 Å². The molecule has 0 aliphatic heterocycles. The first-order chi connectivity index (χ1) is 4.70. The van der Waals surface area contributed by atoms with Crippen LogP contribution in [0.4, 0.5) is 0 Å². The molecular formula is C6H14N2O2. The molecule has 0 aromatic carbocycles. The van der Waals surface area contributed by atoms with Gasteiger partial charge in [0.1, 0.15) is 0 Å². The van der Waals surface area contributed by atoms with Crippen LogP contribution in [-0.2, 0) is 9.47 Å². The number of ether oxygens (including phenoxy) is 2. The fourth-order valence-corrected chi connectivity index (χ4v) is 0.406. The summed E-state index contributed by atoms with van der Waals surface area (Å²) >= 11 is 0. The molecule has 0 bridgehead atoms. The van der Waals surface area contributed by atoms with Crippen LogP contribution in [0.15, 0.2) is 4.99 Å². The molecule has 0 aromatic rings. The van der Waals surface area contributed by atoms with Crippen LogP contribution in [0.1, 0.15) is 0 Å². The Morgan fingerprint density at radius 3 is 2.10 bits per heavy atom. The van der Waals surface area contributed by atoms with E-state index in [1.54, 1.807) is 20.6 Å². The molecule has 0 fully saturated rings. The Hall–Kier alpha value is -0.610. The van der Waals surface area contributed by atoms with E-state index in [-0.39, 0.29) is 0 Å². The third-order valence-corrected chi connectivity index (χ3v) is 0.823. The lowest BCUT2D eigenvalue weighted by atomic mass is 10.9. The van der Waals surface area contributed by atoms with Crippen molar-refractivity contribution < 1.29 is 9.47 Å². The zero-order valence-corrected chi connectivity index (χ0v) is 6.87. The highest BCUT2D eigenvalue weighted by Gasteiger charge is 1.97. The van der Waals surface area contributed by atoms with Gasteiger partial charge in [-0.15, -0.1) is 0 Å². The van der Waals surface area contributed by atoms with Gasteiger partial charge in [-0.3, -0.25) is 0 Å². The Labute approximate surface area is 61.4 Å². The maximum Gasteiger partial charge on any atom is 0.259 e. The highest BCUT2D eigenvalue weighted by Crippen LogP contribution is 1.89. The van der Waals surface area contributed by atoms with Crippen molar-refractivity contribution in [2.75, 3.05) is 28.3 Å². The molecule has 60 valence electrons. The van der Waals surface area contributed by atoms with Gasteiger partial charge in [0.25, 0.3) is 6.41 Å². The van der Waals surface area contributed by atoms with E-state index < -0.39 is 6.41 Å². The fraction of sp³-hybridized carbons (Fsp3) is 0.833. The highest BCUT2D eigenvalue weighted by atomic mass is 16.7. The van der Waals surface area contributed by atoms with Crippen LogP contribution < -0.4 is 0 Å². The van der Waals surface area contributed by atoms with Gasteiger partial charge in [-0.25, -0.2) is 4.99 Å². The summed E-state index contributed by atoms with van der Waals surface area (Å²) in [6, 6.07) is 0. The number of hydrogen-bond acceptors (Lipinski definition) is 3. The molecule has 0 amide bonds. The monoisotopic (exact) mass is 146 g/mol. The van der Waals surface area contributed by atoms with Crippen molar-refractivity contribution in [1.82, 2.24) is 4.90 Å². The summed E-state index contributed by atoms with van der Waals surface area (Å²) in [5, 5.41) is 0. The van der Waals surface area contributed by atoms with E-state index in [1.807, 2.05) is 19.0 Å². The fourth-order valence-electron chi connectivity index (χ4n) is 0.406. The molecule has 0 heterocycles. The number of methoxy groups -OCH3 is 2. The minimum atomic E-state index is -0.484. The van der Waals surface area contributed by atoms with E-state index in [9.17, 15) is 0 Å². The molecule has 0 radical (unpaired) electrons. The molecule has 0 atom stereocenters. The minimum Gasteiger partial charge on any atom is -0.369 e. The Kier molecular flexibility index (Phi) is 4.88. The first-order valence-corrected chi connectivity index (χ1v) is 2.96. The maximum atomic E-state index is 4.80.